The summed E-state index contributed by atoms with van der Waals surface area (Å²) in [6, 6.07) is 17.9. The molecule has 0 aliphatic rings. The smallest absolute Gasteiger partial charge is 0.404 e. The van der Waals surface area contributed by atoms with Gasteiger partial charge in [-0.15, -0.1) is 0 Å². The molecule has 3 aromatic rings. The highest BCUT2D eigenvalue weighted by Gasteiger charge is 2.08. The maximum absolute atomic E-state index is 10.7. The van der Waals surface area contributed by atoms with E-state index in [0.29, 0.717) is 33.1 Å². The SMILES string of the molecule is O=C(O)NCc1cccc(Oc2cc(Cl)ccc2NCc2ccc(Cl)c(Cl)c2)c1. The number of hydrogen-bond donors (Lipinski definition) is 3. The van der Waals surface area contributed by atoms with Crippen molar-refractivity contribution in [1.82, 2.24) is 5.32 Å². The van der Waals surface area contributed by atoms with Crippen LogP contribution in [-0.2, 0) is 13.1 Å². The third-order valence-electron chi connectivity index (χ3n) is 3.98. The Morgan fingerprint density at radius 3 is 2.45 bits per heavy atom. The molecule has 0 heterocycles. The maximum Gasteiger partial charge on any atom is 0.404 e. The van der Waals surface area contributed by atoms with Crippen molar-refractivity contribution in [3.05, 3.63) is 86.9 Å². The van der Waals surface area contributed by atoms with Crippen LogP contribution in [0.25, 0.3) is 0 Å². The van der Waals surface area contributed by atoms with Gasteiger partial charge in [-0.1, -0.05) is 53.0 Å². The largest absolute Gasteiger partial charge is 0.465 e. The Morgan fingerprint density at radius 2 is 1.69 bits per heavy atom. The normalized spacial score (nSPS) is 10.4. The second kappa shape index (κ2) is 9.74. The zero-order valence-corrected chi connectivity index (χ0v) is 17.4. The predicted octanol–water partition coefficient (Wildman–Crippen LogP) is 6.82. The number of carboxylic acid groups (broad SMARTS) is 1. The fourth-order valence-corrected chi connectivity index (χ4v) is 3.08. The molecule has 0 radical (unpaired) electrons. The van der Waals surface area contributed by atoms with Crippen molar-refractivity contribution in [1.29, 1.82) is 0 Å². The topological polar surface area (TPSA) is 70.6 Å². The first-order valence-corrected chi connectivity index (χ1v) is 9.75. The van der Waals surface area contributed by atoms with Crippen molar-refractivity contribution in [3.8, 4) is 11.5 Å². The number of hydrogen-bond acceptors (Lipinski definition) is 3. The second-order valence-corrected chi connectivity index (χ2v) is 7.40. The number of nitrogens with one attached hydrogen (secondary N) is 2. The maximum atomic E-state index is 10.7. The van der Waals surface area contributed by atoms with E-state index in [1.54, 1.807) is 42.5 Å². The average Bonchev–Trinajstić information content (AvgIpc) is 2.69. The van der Waals surface area contributed by atoms with Crippen molar-refractivity contribution in [2.45, 2.75) is 13.1 Å². The number of carbonyl (C=O) groups is 1. The summed E-state index contributed by atoms with van der Waals surface area (Å²) >= 11 is 18.2. The molecular weight excluding hydrogens is 435 g/mol. The summed E-state index contributed by atoms with van der Waals surface area (Å²) in [5.41, 5.74) is 2.48. The molecular formula is C21H17Cl3N2O3. The molecule has 29 heavy (non-hydrogen) atoms. The van der Waals surface area contributed by atoms with E-state index in [-0.39, 0.29) is 6.54 Å². The molecule has 3 N–H and O–H groups in total. The summed E-state index contributed by atoms with van der Waals surface area (Å²) in [5.74, 6) is 1.11. The molecule has 0 spiro atoms. The molecule has 0 fully saturated rings. The minimum Gasteiger partial charge on any atom is -0.465 e. The fourth-order valence-electron chi connectivity index (χ4n) is 2.60. The first-order valence-electron chi connectivity index (χ1n) is 8.61. The molecule has 150 valence electrons. The van der Waals surface area contributed by atoms with Crippen LogP contribution in [-0.4, -0.2) is 11.2 Å². The van der Waals surface area contributed by atoms with E-state index >= 15 is 0 Å². The van der Waals surface area contributed by atoms with Crippen LogP contribution in [0.2, 0.25) is 15.1 Å². The summed E-state index contributed by atoms with van der Waals surface area (Å²) < 4.78 is 6.00. The Bertz CT molecular complexity index is 1030. The van der Waals surface area contributed by atoms with Gasteiger partial charge < -0.3 is 20.5 Å². The molecule has 0 aliphatic heterocycles. The Kier molecular flexibility index (Phi) is 7.09. The lowest BCUT2D eigenvalue weighted by molar-refractivity contribution is 0.194. The van der Waals surface area contributed by atoms with Crippen LogP contribution in [0.15, 0.2) is 60.7 Å². The van der Waals surface area contributed by atoms with Crippen molar-refractivity contribution in [2.75, 3.05) is 5.32 Å². The molecule has 0 unspecified atom stereocenters. The number of ether oxygens (including phenoxy) is 1. The number of halogens is 3. The molecule has 8 heteroatoms. The Balaban J connectivity index is 1.75. The van der Waals surface area contributed by atoms with Gasteiger partial charge in [0.2, 0.25) is 0 Å². The van der Waals surface area contributed by atoms with Gasteiger partial charge in [0, 0.05) is 24.2 Å². The van der Waals surface area contributed by atoms with Crippen LogP contribution in [0.1, 0.15) is 11.1 Å². The van der Waals surface area contributed by atoms with Crippen LogP contribution in [0.4, 0.5) is 10.5 Å². The number of benzene rings is 3. The van der Waals surface area contributed by atoms with E-state index < -0.39 is 6.09 Å². The van der Waals surface area contributed by atoms with E-state index in [1.165, 1.54) is 0 Å². The minimum atomic E-state index is -1.08. The van der Waals surface area contributed by atoms with Crippen molar-refractivity contribution < 1.29 is 14.6 Å². The van der Waals surface area contributed by atoms with Gasteiger partial charge in [-0.3, -0.25) is 0 Å². The monoisotopic (exact) mass is 450 g/mol. The summed E-state index contributed by atoms with van der Waals surface area (Å²) in [5, 5.41) is 15.9. The van der Waals surface area contributed by atoms with Crippen LogP contribution < -0.4 is 15.4 Å². The molecule has 0 bridgehead atoms. The zero-order valence-electron chi connectivity index (χ0n) is 15.1. The predicted molar refractivity (Wildman–Crippen MR) is 117 cm³/mol. The lowest BCUT2D eigenvalue weighted by Gasteiger charge is -2.14. The van der Waals surface area contributed by atoms with Crippen molar-refractivity contribution in [2.24, 2.45) is 0 Å². The third kappa shape index (κ3) is 6.19. The van der Waals surface area contributed by atoms with Gasteiger partial charge in [0.05, 0.1) is 15.7 Å². The Hall–Kier alpha value is -2.60. The second-order valence-electron chi connectivity index (χ2n) is 6.15. The molecule has 0 atom stereocenters. The first kappa shape index (κ1) is 21.1. The van der Waals surface area contributed by atoms with Gasteiger partial charge in [-0.05, 0) is 47.5 Å². The molecule has 3 rings (SSSR count). The minimum absolute atomic E-state index is 0.185. The highest BCUT2D eigenvalue weighted by atomic mass is 35.5. The molecule has 0 aromatic heterocycles. The first-order chi connectivity index (χ1) is 13.9. The van der Waals surface area contributed by atoms with Crippen LogP contribution in [0, 0.1) is 0 Å². The van der Waals surface area contributed by atoms with Crippen molar-refractivity contribution in [3.63, 3.8) is 0 Å². The van der Waals surface area contributed by atoms with Crippen LogP contribution >= 0.6 is 34.8 Å². The Morgan fingerprint density at radius 1 is 0.897 bits per heavy atom. The summed E-state index contributed by atoms with van der Waals surface area (Å²) in [6.07, 6.45) is -1.08. The third-order valence-corrected chi connectivity index (χ3v) is 4.95. The van der Waals surface area contributed by atoms with Gasteiger partial charge in [-0.25, -0.2) is 4.79 Å². The molecule has 0 aliphatic carbocycles. The van der Waals surface area contributed by atoms with E-state index in [4.69, 9.17) is 44.6 Å². The number of amides is 1. The summed E-state index contributed by atoms with van der Waals surface area (Å²) in [4.78, 5) is 10.7. The highest BCUT2D eigenvalue weighted by molar-refractivity contribution is 6.42. The quantitative estimate of drug-likeness (QED) is 0.368. The fraction of sp³-hybridized carbons (Fsp3) is 0.0952. The van der Waals surface area contributed by atoms with Gasteiger partial charge in [0.15, 0.2) is 5.75 Å². The van der Waals surface area contributed by atoms with Gasteiger partial charge >= 0.3 is 6.09 Å². The number of rotatable bonds is 7. The lowest BCUT2D eigenvalue weighted by Crippen LogP contribution is -2.19. The standard InChI is InChI=1S/C21H17Cl3N2O3/c22-15-5-7-19(25-11-14-4-6-17(23)18(24)9-14)20(10-15)29-16-3-1-2-13(8-16)12-26-21(27)28/h1-10,25-26H,11-12H2,(H,27,28). The molecule has 3 aromatic carbocycles. The molecule has 0 saturated carbocycles. The van der Waals surface area contributed by atoms with E-state index in [2.05, 4.69) is 10.6 Å². The summed E-state index contributed by atoms with van der Waals surface area (Å²) in [7, 11) is 0. The summed E-state index contributed by atoms with van der Waals surface area (Å²) in [6.45, 7) is 0.696. The van der Waals surface area contributed by atoms with Gasteiger partial charge in [0.25, 0.3) is 0 Å². The highest BCUT2D eigenvalue weighted by Crippen LogP contribution is 2.33. The molecule has 0 saturated heterocycles. The molecule has 1 amide bonds. The Labute approximate surface area is 183 Å². The van der Waals surface area contributed by atoms with E-state index in [0.717, 1.165) is 16.8 Å². The lowest BCUT2D eigenvalue weighted by atomic mass is 10.2. The van der Waals surface area contributed by atoms with E-state index in [1.807, 2.05) is 18.2 Å². The number of anilines is 1. The van der Waals surface area contributed by atoms with E-state index in [9.17, 15) is 4.79 Å². The van der Waals surface area contributed by atoms with Crippen LogP contribution in [0.5, 0.6) is 11.5 Å². The van der Waals surface area contributed by atoms with Gasteiger partial charge in [-0.2, -0.15) is 0 Å². The zero-order chi connectivity index (χ0) is 20.8. The van der Waals surface area contributed by atoms with Gasteiger partial charge in [0.1, 0.15) is 5.75 Å². The molecule has 5 nitrogen and oxygen atoms in total. The van der Waals surface area contributed by atoms with Crippen LogP contribution in [0.3, 0.4) is 0 Å². The average molecular weight is 452 g/mol. The van der Waals surface area contributed by atoms with Crippen molar-refractivity contribution >= 4 is 46.6 Å².